The summed E-state index contributed by atoms with van der Waals surface area (Å²) in [4.78, 5) is 40.8. The van der Waals surface area contributed by atoms with Gasteiger partial charge in [0, 0.05) is 24.3 Å². The van der Waals surface area contributed by atoms with Gasteiger partial charge in [-0.15, -0.1) is 0 Å². The molecule has 0 spiro atoms. The molecule has 0 bridgehead atoms. The van der Waals surface area contributed by atoms with E-state index in [1.54, 1.807) is 36.4 Å². The maximum Gasteiger partial charge on any atom is 0.283 e. The van der Waals surface area contributed by atoms with Gasteiger partial charge in [0.05, 0.1) is 5.69 Å². The summed E-state index contributed by atoms with van der Waals surface area (Å²) < 4.78 is 0. The number of carbonyl (C=O) groups excluding carboxylic acids is 3. The number of hydrogen-bond acceptors (Lipinski definition) is 4. The minimum atomic E-state index is -0.561. The van der Waals surface area contributed by atoms with Crippen molar-refractivity contribution in [1.29, 1.82) is 0 Å². The van der Waals surface area contributed by atoms with Crippen LogP contribution in [0.3, 0.4) is 0 Å². The van der Waals surface area contributed by atoms with Gasteiger partial charge in [-0.05, 0) is 61.2 Å². The Morgan fingerprint density at radius 1 is 0.967 bits per heavy atom. The van der Waals surface area contributed by atoms with Crippen LogP contribution >= 0.6 is 11.6 Å². The lowest BCUT2D eigenvalue weighted by Crippen LogP contribution is -2.32. The number of benzene rings is 2. The summed E-state index contributed by atoms with van der Waals surface area (Å²) in [6.07, 6.45) is 2.93. The van der Waals surface area contributed by atoms with Gasteiger partial charge in [-0.3, -0.25) is 14.4 Å². The average Bonchev–Trinajstić information content (AvgIpc) is 3.38. The molecule has 1 N–H and O–H groups in total. The molecule has 4 rings (SSSR count). The highest BCUT2D eigenvalue weighted by molar-refractivity contribution is 6.53. The van der Waals surface area contributed by atoms with Crippen LogP contribution in [0, 0.1) is 0 Å². The van der Waals surface area contributed by atoms with E-state index in [0.717, 1.165) is 42.8 Å². The van der Waals surface area contributed by atoms with E-state index in [9.17, 15) is 14.4 Å². The Labute approximate surface area is 180 Å². The Hall–Kier alpha value is -3.12. The number of halogens is 1. The lowest BCUT2D eigenvalue weighted by Gasteiger charge is -2.16. The fourth-order valence-corrected chi connectivity index (χ4v) is 3.88. The summed E-state index contributed by atoms with van der Waals surface area (Å²) in [7, 11) is 0. The van der Waals surface area contributed by atoms with Gasteiger partial charge in [0.2, 0.25) is 0 Å². The fourth-order valence-electron chi connectivity index (χ4n) is 3.67. The number of anilines is 2. The molecule has 30 heavy (non-hydrogen) atoms. The van der Waals surface area contributed by atoms with E-state index in [1.807, 2.05) is 24.0 Å². The molecule has 0 aliphatic carbocycles. The van der Waals surface area contributed by atoms with E-state index >= 15 is 0 Å². The number of amides is 3. The average molecular weight is 424 g/mol. The lowest BCUT2D eigenvalue weighted by atomic mass is 10.1. The highest BCUT2D eigenvalue weighted by atomic mass is 35.5. The van der Waals surface area contributed by atoms with E-state index in [0.29, 0.717) is 16.9 Å². The first-order valence-electron chi connectivity index (χ1n) is 10.0. The number of carbonyl (C=O) groups is 3. The van der Waals surface area contributed by atoms with Crippen molar-refractivity contribution in [3.63, 3.8) is 0 Å². The standard InChI is InChI=1S/C23H22ClN3O3/c1-2-15-5-11-18(12-6-15)27-22(29)19(24)20(23(27)30)25-17-9-7-16(8-10-17)21(28)26-13-3-4-14-26/h5-12,25H,2-4,13-14H2,1H3. The first-order chi connectivity index (χ1) is 14.5. The molecule has 1 saturated heterocycles. The molecular formula is C23H22ClN3O3. The molecular weight excluding hydrogens is 402 g/mol. The smallest absolute Gasteiger partial charge is 0.283 e. The highest BCUT2D eigenvalue weighted by Crippen LogP contribution is 2.30. The van der Waals surface area contributed by atoms with Crippen LogP contribution in [0.2, 0.25) is 0 Å². The molecule has 6 nitrogen and oxygen atoms in total. The molecule has 0 saturated carbocycles. The number of hydrogen-bond donors (Lipinski definition) is 1. The molecule has 2 aromatic carbocycles. The summed E-state index contributed by atoms with van der Waals surface area (Å²) in [5.74, 6) is -1.06. The molecule has 154 valence electrons. The van der Waals surface area contributed by atoms with Crippen molar-refractivity contribution in [2.24, 2.45) is 0 Å². The van der Waals surface area contributed by atoms with Crippen molar-refractivity contribution in [2.45, 2.75) is 26.2 Å². The fraction of sp³-hybridized carbons (Fsp3) is 0.261. The Balaban J connectivity index is 1.50. The summed E-state index contributed by atoms with van der Waals surface area (Å²) in [5, 5.41) is 2.78. The van der Waals surface area contributed by atoms with E-state index in [2.05, 4.69) is 5.32 Å². The van der Waals surface area contributed by atoms with Crippen molar-refractivity contribution >= 4 is 40.7 Å². The summed E-state index contributed by atoms with van der Waals surface area (Å²) in [5.41, 5.74) is 2.78. The van der Waals surface area contributed by atoms with Crippen LogP contribution in [0.5, 0.6) is 0 Å². The third-order valence-electron chi connectivity index (χ3n) is 5.42. The van der Waals surface area contributed by atoms with E-state index in [4.69, 9.17) is 11.6 Å². The molecule has 0 atom stereocenters. The van der Waals surface area contributed by atoms with Crippen LogP contribution < -0.4 is 10.2 Å². The molecule has 1 fully saturated rings. The number of imide groups is 1. The third kappa shape index (κ3) is 3.71. The molecule has 2 aliphatic rings. The molecule has 0 aromatic heterocycles. The number of likely N-dealkylation sites (tertiary alicyclic amines) is 1. The summed E-state index contributed by atoms with van der Waals surface area (Å²) >= 11 is 6.19. The van der Waals surface area contributed by atoms with E-state index < -0.39 is 11.8 Å². The Kier molecular flexibility index (Phi) is 5.59. The second-order valence-corrected chi connectivity index (χ2v) is 7.73. The van der Waals surface area contributed by atoms with Crippen LogP contribution in [0.4, 0.5) is 11.4 Å². The molecule has 2 heterocycles. The molecule has 3 amide bonds. The van der Waals surface area contributed by atoms with Gasteiger partial charge >= 0.3 is 0 Å². The van der Waals surface area contributed by atoms with Crippen molar-refractivity contribution in [3.8, 4) is 0 Å². The predicted octanol–water partition coefficient (Wildman–Crippen LogP) is 3.92. The molecule has 0 unspecified atom stereocenters. The third-order valence-corrected chi connectivity index (χ3v) is 5.78. The minimum absolute atomic E-state index is 0.00474. The van der Waals surface area contributed by atoms with Gasteiger partial charge in [0.15, 0.2) is 0 Å². The lowest BCUT2D eigenvalue weighted by molar-refractivity contribution is -0.120. The van der Waals surface area contributed by atoms with Gasteiger partial charge in [-0.25, -0.2) is 4.90 Å². The quantitative estimate of drug-likeness (QED) is 0.740. The monoisotopic (exact) mass is 423 g/mol. The van der Waals surface area contributed by atoms with Gasteiger partial charge in [0.1, 0.15) is 10.7 Å². The van der Waals surface area contributed by atoms with Crippen molar-refractivity contribution < 1.29 is 14.4 Å². The SMILES string of the molecule is CCc1ccc(N2C(=O)C(Cl)=C(Nc3ccc(C(=O)N4CCCC4)cc3)C2=O)cc1. The van der Waals surface area contributed by atoms with Crippen LogP contribution in [-0.2, 0) is 16.0 Å². The molecule has 2 aromatic rings. The Morgan fingerprint density at radius 2 is 1.60 bits per heavy atom. The maximum absolute atomic E-state index is 12.9. The number of rotatable bonds is 5. The highest BCUT2D eigenvalue weighted by Gasteiger charge is 2.38. The molecule has 7 heteroatoms. The number of aryl methyl sites for hydroxylation is 1. The van der Waals surface area contributed by atoms with Crippen LogP contribution in [0.1, 0.15) is 35.7 Å². The molecule has 0 radical (unpaired) electrons. The predicted molar refractivity (Wildman–Crippen MR) is 116 cm³/mol. The van der Waals surface area contributed by atoms with Crippen LogP contribution in [-0.4, -0.2) is 35.7 Å². The van der Waals surface area contributed by atoms with Crippen molar-refractivity contribution in [2.75, 3.05) is 23.3 Å². The minimum Gasteiger partial charge on any atom is -0.350 e. The second-order valence-electron chi connectivity index (χ2n) is 7.36. The van der Waals surface area contributed by atoms with Gasteiger partial charge in [0.25, 0.3) is 17.7 Å². The molecule has 2 aliphatic heterocycles. The van der Waals surface area contributed by atoms with Crippen LogP contribution in [0.15, 0.2) is 59.3 Å². The Morgan fingerprint density at radius 3 is 2.20 bits per heavy atom. The van der Waals surface area contributed by atoms with Crippen molar-refractivity contribution in [1.82, 2.24) is 4.90 Å². The number of nitrogens with one attached hydrogen (secondary N) is 1. The normalized spacial score (nSPS) is 16.6. The largest absolute Gasteiger partial charge is 0.350 e. The van der Waals surface area contributed by atoms with Crippen LogP contribution in [0.25, 0.3) is 0 Å². The number of nitrogens with zero attached hydrogens (tertiary/aromatic N) is 2. The summed E-state index contributed by atoms with van der Waals surface area (Å²) in [6, 6.07) is 14.1. The zero-order valence-electron chi connectivity index (χ0n) is 16.7. The first-order valence-corrected chi connectivity index (χ1v) is 10.4. The van der Waals surface area contributed by atoms with Crippen molar-refractivity contribution in [3.05, 3.63) is 70.4 Å². The van der Waals surface area contributed by atoms with E-state index in [1.165, 1.54) is 0 Å². The zero-order valence-corrected chi connectivity index (χ0v) is 17.4. The van der Waals surface area contributed by atoms with Gasteiger partial charge in [-0.2, -0.15) is 0 Å². The van der Waals surface area contributed by atoms with Gasteiger partial charge < -0.3 is 10.2 Å². The maximum atomic E-state index is 12.9. The topological polar surface area (TPSA) is 69.7 Å². The Bertz CT molecular complexity index is 1020. The van der Waals surface area contributed by atoms with Gasteiger partial charge in [-0.1, -0.05) is 30.7 Å². The van der Waals surface area contributed by atoms with E-state index in [-0.39, 0.29) is 16.6 Å². The second kappa shape index (κ2) is 8.32. The summed E-state index contributed by atoms with van der Waals surface area (Å²) in [6.45, 7) is 3.60. The zero-order chi connectivity index (χ0) is 21.3. The first kappa shape index (κ1) is 20.2.